The molecule has 0 amide bonds. The number of alkyl halides is 1. The van der Waals surface area contributed by atoms with E-state index < -0.39 is 0 Å². The zero-order valence-corrected chi connectivity index (χ0v) is 12.1. The summed E-state index contributed by atoms with van der Waals surface area (Å²) < 4.78 is 2.30. The van der Waals surface area contributed by atoms with Crippen molar-refractivity contribution in [2.75, 3.05) is 5.88 Å². The van der Waals surface area contributed by atoms with Gasteiger partial charge >= 0.3 is 0 Å². The van der Waals surface area contributed by atoms with Crippen LogP contribution in [0.25, 0.3) is 11.0 Å². The molecular formula is C17H17ClN2. The second kappa shape index (κ2) is 6.10. The molecule has 0 aliphatic rings. The molecule has 2 aromatic carbocycles. The van der Waals surface area contributed by atoms with Crippen LogP contribution in [0.1, 0.15) is 17.8 Å². The Balaban J connectivity index is 2.01. The standard InChI is InChI=1S/C17H17ClN2/c18-12-6-11-17-19-15-9-4-5-10-16(15)20(17)13-14-7-2-1-3-8-14/h1-5,7-10H,6,11-13H2. The number of aromatic nitrogens is 2. The van der Waals surface area contributed by atoms with Gasteiger partial charge < -0.3 is 4.57 Å². The number of imidazole rings is 1. The molecule has 102 valence electrons. The number of fused-ring (bicyclic) bond motifs is 1. The fourth-order valence-corrected chi connectivity index (χ4v) is 2.62. The van der Waals surface area contributed by atoms with E-state index in [1.807, 2.05) is 12.1 Å². The largest absolute Gasteiger partial charge is 0.323 e. The Morgan fingerprint density at radius 3 is 2.50 bits per heavy atom. The molecule has 3 heteroatoms. The average molecular weight is 285 g/mol. The third-order valence-corrected chi connectivity index (χ3v) is 3.72. The number of para-hydroxylation sites is 2. The fourth-order valence-electron chi connectivity index (χ4n) is 2.48. The van der Waals surface area contributed by atoms with E-state index >= 15 is 0 Å². The van der Waals surface area contributed by atoms with Gasteiger partial charge in [-0.2, -0.15) is 0 Å². The predicted molar refractivity (Wildman–Crippen MR) is 84.3 cm³/mol. The minimum Gasteiger partial charge on any atom is -0.323 e. The van der Waals surface area contributed by atoms with Crippen LogP contribution < -0.4 is 0 Å². The van der Waals surface area contributed by atoms with E-state index in [2.05, 4.69) is 47.0 Å². The Morgan fingerprint density at radius 2 is 1.70 bits per heavy atom. The third-order valence-electron chi connectivity index (χ3n) is 3.45. The monoisotopic (exact) mass is 284 g/mol. The van der Waals surface area contributed by atoms with Crippen LogP contribution in [0.5, 0.6) is 0 Å². The van der Waals surface area contributed by atoms with Gasteiger partial charge in [0.1, 0.15) is 5.82 Å². The van der Waals surface area contributed by atoms with E-state index in [4.69, 9.17) is 16.6 Å². The quantitative estimate of drug-likeness (QED) is 0.640. The van der Waals surface area contributed by atoms with Crippen LogP contribution in [0.4, 0.5) is 0 Å². The fraction of sp³-hybridized carbons (Fsp3) is 0.235. The zero-order valence-electron chi connectivity index (χ0n) is 11.3. The summed E-state index contributed by atoms with van der Waals surface area (Å²) in [4.78, 5) is 4.75. The predicted octanol–water partition coefficient (Wildman–Crippen LogP) is 4.26. The lowest BCUT2D eigenvalue weighted by atomic mass is 10.2. The Hall–Kier alpha value is -1.80. The molecule has 0 spiro atoms. The molecule has 0 bridgehead atoms. The molecule has 0 atom stereocenters. The van der Waals surface area contributed by atoms with Gasteiger partial charge in [-0.15, -0.1) is 11.6 Å². The van der Waals surface area contributed by atoms with Crippen molar-refractivity contribution in [3.8, 4) is 0 Å². The van der Waals surface area contributed by atoms with E-state index in [1.165, 1.54) is 11.1 Å². The number of halogens is 1. The first-order valence-corrected chi connectivity index (χ1v) is 7.46. The normalized spacial score (nSPS) is 11.1. The number of benzene rings is 2. The van der Waals surface area contributed by atoms with Crippen LogP contribution in [0.3, 0.4) is 0 Å². The van der Waals surface area contributed by atoms with E-state index in [0.717, 1.165) is 30.7 Å². The van der Waals surface area contributed by atoms with Crippen molar-refractivity contribution < 1.29 is 0 Å². The topological polar surface area (TPSA) is 17.8 Å². The highest BCUT2D eigenvalue weighted by Gasteiger charge is 2.10. The van der Waals surface area contributed by atoms with Crippen molar-refractivity contribution in [3.05, 3.63) is 66.0 Å². The second-order valence-corrected chi connectivity index (χ2v) is 5.26. The summed E-state index contributed by atoms with van der Waals surface area (Å²) in [5.41, 5.74) is 3.55. The number of nitrogens with zero attached hydrogens (tertiary/aromatic N) is 2. The van der Waals surface area contributed by atoms with Gasteiger partial charge in [0.15, 0.2) is 0 Å². The molecule has 0 N–H and O–H groups in total. The highest BCUT2D eigenvalue weighted by Crippen LogP contribution is 2.19. The SMILES string of the molecule is ClCCCc1nc2ccccc2n1Cc1ccccc1. The lowest BCUT2D eigenvalue weighted by molar-refractivity contribution is 0.723. The molecule has 0 aliphatic heterocycles. The summed E-state index contributed by atoms with van der Waals surface area (Å²) in [7, 11) is 0. The first-order chi connectivity index (χ1) is 9.88. The van der Waals surface area contributed by atoms with Gasteiger partial charge in [-0.25, -0.2) is 4.98 Å². The molecule has 0 unspecified atom stereocenters. The smallest absolute Gasteiger partial charge is 0.110 e. The molecule has 0 fully saturated rings. The molecule has 3 rings (SSSR count). The summed E-state index contributed by atoms with van der Waals surface area (Å²) in [5.74, 6) is 1.80. The zero-order chi connectivity index (χ0) is 13.8. The minimum absolute atomic E-state index is 0.675. The van der Waals surface area contributed by atoms with Crippen molar-refractivity contribution in [3.63, 3.8) is 0 Å². The summed E-state index contributed by atoms with van der Waals surface area (Å²) in [6.07, 6.45) is 1.88. The molecule has 0 saturated heterocycles. The molecule has 0 saturated carbocycles. The van der Waals surface area contributed by atoms with Gasteiger partial charge in [0.25, 0.3) is 0 Å². The van der Waals surface area contributed by atoms with Gasteiger partial charge in [-0.05, 0) is 24.1 Å². The van der Waals surface area contributed by atoms with Crippen molar-refractivity contribution in [2.45, 2.75) is 19.4 Å². The summed E-state index contributed by atoms with van der Waals surface area (Å²) in [6.45, 7) is 0.860. The third kappa shape index (κ3) is 2.70. The molecule has 1 aromatic heterocycles. The van der Waals surface area contributed by atoms with Crippen LogP contribution in [-0.2, 0) is 13.0 Å². The van der Waals surface area contributed by atoms with Crippen molar-refractivity contribution in [1.82, 2.24) is 9.55 Å². The highest BCUT2D eigenvalue weighted by atomic mass is 35.5. The minimum atomic E-state index is 0.675. The van der Waals surface area contributed by atoms with Gasteiger partial charge in [0.05, 0.1) is 11.0 Å². The molecular weight excluding hydrogens is 268 g/mol. The molecule has 2 nitrogen and oxygen atoms in total. The average Bonchev–Trinajstić information content (AvgIpc) is 2.84. The summed E-state index contributed by atoms with van der Waals surface area (Å²) in [5, 5.41) is 0. The van der Waals surface area contributed by atoms with Crippen LogP contribution in [0.2, 0.25) is 0 Å². The van der Waals surface area contributed by atoms with E-state index in [1.54, 1.807) is 0 Å². The lowest BCUT2D eigenvalue weighted by Gasteiger charge is -2.09. The number of aryl methyl sites for hydroxylation is 1. The van der Waals surface area contributed by atoms with Crippen molar-refractivity contribution in [1.29, 1.82) is 0 Å². The molecule has 0 radical (unpaired) electrons. The Morgan fingerprint density at radius 1 is 0.950 bits per heavy atom. The maximum Gasteiger partial charge on any atom is 0.110 e. The molecule has 3 aromatic rings. The molecule has 1 heterocycles. The van der Waals surface area contributed by atoms with Gasteiger partial charge in [-0.1, -0.05) is 42.5 Å². The van der Waals surface area contributed by atoms with E-state index in [0.29, 0.717) is 5.88 Å². The number of rotatable bonds is 5. The van der Waals surface area contributed by atoms with E-state index in [9.17, 15) is 0 Å². The van der Waals surface area contributed by atoms with Crippen LogP contribution >= 0.6 is 11.6 Å². The number of hydrogen-bond donors (Lipinski definition) is 0. The molecule has 20 heavy (non-hydrogen) atoms. The maximum atomic E-state index is 5.83. The van der Waals surface area contributed by atoms with Gasteiger partial charge in [0.2, 0.25) is 0 Å². The second-order valence-electron chi connectivity index (χ2n) is 4.88. The van der Waals surface area contributed by atoms with Crippen molar-refractivity contribution >= 4 is 22.6 Å². The van der Waals surface area contributed by atoms with E-state index in [-0.39, 0.29) is 0 Å². The van der Waals surface area contributed by atoms with Crippen LogP contribution in [-0.4, -0.2) is 15.4 Å². The maximum absolute atomic E-state index is 5.83. The van der Waals surface area contributed by atoms with Crippen molar-refractivity contribution in [2.24, 2.45) is 0 Å². The Labute approximate surface area is 124 Å². The summed E-state index contributed by atoms with van der Waals surface area (Å²) >= 11 is 5.83. The van der Waals surface area contributed by atoms with Gasteiger partial charge in [-0.3, -0.25) is 0 Å². The highest BCUT2D eigenvalue weighted by molar-refractivity contribution is 6.17. The Kier molecular flexibility index (Phi) is 4.03. The van der Waals surface area contributed by atoms with Crippen LogP contribution in [0, 0.1) is 0 Å². The molecule has 0 aliphatic carbocycles. The first kappa shape index (κ1) is 13.2. The Bertz CT molecular complexity index is 689. The summed E-state index contributed by atoms with van der Waals surface area (Å²) in [6, 6.07) is 18.8. The van der Waals surface area contributed by atoms with Crippen LogP contribution in [0.15, 0.2) is 54.6 Å². The van der Waals surface area contributed by atoms with Gasteiger partial charge in [0, 0.05) is 18.8 Å². The lowest BCUT2D eigenvalue weighted by Crippen LogP contribution is -2.05. The first-order valence-electron chi connectivity index (χ1n) is 6.92. The number of hydrogen-bond acceptors (Lipinski definition) is 1.